The second-order valence-corrected chi connectivity index (χ2v) is 10.3. The van der Waals surface area contributed by atoms with Gasteiger partial charge in [0.2, 0.25) is 0 Å². The predicted octanol–water partition coefficient (Wildman–Crippen LogP) is 6.97. The van der Waals surface area contributed by atoms with Crippen molar-refractivity contribution in [3.05, 3.63) is 82.1 Å². The molecule has 0 saturated heterocycles. The quantitative estimate of drug-likeness (QED) is 0.214. The maximum absolute atomic E-state index is 14.8. The van der Waals surface area contributed by atoms with Crippen molar-refractivity contribution >= 4 is 79.7 Å². The van der Waals surface area contributed by atoms with Gasteiger partial charge in [-0.3, -0.25) is 9.71 Å². The number of hydrogen-bond donors (Lipinski definition) is 1. The van der Waals surface area contributed by atoms with Crippen LogP contribution in [0.15, 0.2) is 70.6 Å². The molecule has 0 aliphatic carbocycles. The van der Waals surface area contributed by atoms with Gasteiger partial charge in [0.15, 0.2) is 0 Å². The lowest BCUT2D eigenvalue weighted by molar-refractivity contribution is 0.601. The number of hydrogen-bond acceptors (Lipinski definition) is 4. The van der Waals surface area contributed by atoms with Gasteiger partial charge in [0.1, 0.15) is 5.82 Å². The summed E-state index contributed by atoms with van der Waals surface area (Å²) in [5.74, 6) is 0.239. The highest BCUT2D eigenvalue weighted by Crippen LogP contribution is 2.36. The Morgan fingerprint density at radius 2 is 1.59 bits per heavy atom. The summed E-state index contributed by atoms with van der Waals surface area (Å²) in [6.45, 7) is 1.05. The van der Waals surface area contributed by atoms with Crippen LogP contribution in [0.25, 0.3) is 0 Å². The minimum absolute atomic E-state index is 0.0658. The first kappa shape index (κ1) is 26.6. The molecule has 180 valence electrons. The van der Waals surface area contributed by atoms with Crippen molar-refractivity contribution in [1.82, 2.24) is 0 Å². The molecule has 0 aliphatic rings. The van der Waals surface area contributed by atoms with Crippen LogP contribution in [0.5, 0.6) is 0 Å². The summed E-state index contributed by atoms with van der Waals surface area (Å²) in [4.78, 5) is 6.21. The van der Waals surface area contributed by atoms with Crippen molar-refractivity contribution in [2.24, 2.45) is 4.99 Å². The average Bonchev–Trinajstić information content (AvgIpc) is 2.81. The molecular formula is C23H20Cl4FN3O2S. The van der Waals surface area contributed by atoms with Crippen molar-refractivity contribution in [3.8, 4) is 0 Å². The summed E-state index contributed by atoms with van der Waals surface area (Å²) in [6.07, 6.45) is 1.28. The minimum Gasteiger partial charge on any atom is -0.369 e. The Balaban J connectivity index is 1.92. The van der Waals surface area contributed by atoms with Gasteiger partial charge in [0.25, 0.3) is 10.0 Å². The number of nitrogens with one attached hydrogen (secondary N) is 1. The normalized spacial score (nSPS) is 11.7. The van der Waals surface area contributed by atoms with Gasteiger partial charge < -0.3 is 4.90 Å². The van der Waals surface area contributed by atoms with Crippen LogP contribution in [0.1, 0.15) is 5.56 Å². The lowest BCUT2D eigenvalue weighted by Crippen LogP contribution is -2.27. The molecule has 0 fully saturated rings. The van der Waals surface area contributed by atoms with E-state index in [0.717, 1.165) is 0 Å². The number of rotatable bonds is 10. The summed E-state index contributed by atoms with van der Waals surface area (Å²) in [5.41, 5.74) is 1.11. The molecule has 0 unspecified atom stereocenters. The zero-order valence-electron chi connectivity index (χ0n) is 17.7. The monoisotopic (exact) mass is 561 g/mol. The maximum atomic E-state index is 14.8. The summed E-state index contributed by atoms with van der Waals surface area (Å²) in [5, 5.41) is 0.311. The lowest BCUT2D eigenvalue weighted by atomic mass is 10.2. The van der Waals surface area contributed by atoms with E-state index in [9.17, 15) is 12.8 Å². The molecule has 0 aromatic heterocycles. The van der Waals surface area contributed by atoms with Gasteiger partial charge in [-0.2, -0.15) is 0 Å². The van der Waals surface area contributed by atoms with Crippen molar-refractivity contribution in [1.29, 1.82) is 0 Å². The SMILES string of the molecule is O=S(=O)(Nc1cc(Cl)c(Cl)cc1N=Cc1ccc(N(CCCl)CCCl)cc1F)c1ccccc1. The third kappa shape index (κ3) is 6.77. The van der Waals surface area contributed by atoms with E-state index in [1.165, 1.54) is 36.5 Å². The van der Waals surface area contributed by atoms with E-state index in [1.807, 2.05) is 4.90 Å². The zero-order valence-corrected chi connectivity index (χ0v) is 21.5. The summed E-state index contributed by atoms with van der Waals surface area (Å²) in [7, 11) is -3.91. The van der Waals surface area contributed by atoms with Gasteiger partial charge in [0.05, 0.1) is 26.3 Å². The van der Waals surface area contributed by atoms with Gasteiger partial charge in [-0.25, -0.2) is 12.8 Å². The third-order valence-corrected chi connectivity index (χ3v) is 7.18. The molecule has 5 nitrogen and oxygen atoms in total. The molecule has 3 rings (SSSR count). The molecule has 0 spiro atoms. The molecule has 34 heavy (non-hydrogen) atoms. The van der Waals surface area contributed by atoms with E-state index in [-0.39, 0.29) is 31.9 Å². The van der Waals surface area contributed by atoms with Gasteiger partial charge in [0, 0.05) is 42.3 Å². The molecule has 0 atom stereocenters. The molecule has 11 heteroatoms. The van der Waals surface area contributed by atoms with Crippen LogP contribution in [-0.4, -0.2) is 39.5 Å². The Labute approximate surface area is 218 Å². The predicted molar refractivity (Wildman–Crippen MR) is 141 cm³/mol. The number of anilines is 2. The summed E-state index contributed by atoms with van der Waals surface area (Å²) >= 11 is 23.9. The minimum atomic E-state index is -3.91. The van der Waals surface area contributed by atoms with Crippen LogP contribution >= 0.6 is 46.4 Å². The second-order valence-electron chi connectivity index (χ2n) is 7.03. The number of alkyl halides is 2. The summed E-state index contributed by atoms with van der Waals surface area (Å²) in [6, 6.07) is 15.3. The number of aliphatic imine (C=N–C) groups is 1. The molecule has 3 aromatic carbocycles. The van der Waals surface area contributed by atoms with E-state index < -0.39 is 15.8 Å². The fourth-order valence-electron chi connectivity index (χ4n) is 3.06. The first-order valence-corrected chi connectivity index (χ1v) is 13.3. The van der Waals surface area contributed by atoms with Crippen LogP contribution < -0.4 is 9.62 Å². The van der Waals surface area contributed by atoms with Crippen molar-refractivity contribution in [3.63, 3.8) is 0 Å². The van der Waals surface area contributed by atoms with E-state index in [4.69, 9.17) is 46.4 Å². The highest BCUT2D eigenvalue weighted by Gasteiger charge is 2.17. The molecule has 0 aliphatic heterocycles. The van der Waals surface area contributed by atoms with Gasteiger partial charge in [-0.05, 0) is 42.5 Å². The highest BCUT2D eigenvalue weighted by atomic mass is 35.5. The topological polar surface area (TPSA) is 61.8 Å². The summed E-state index contributed by atoms with van der Waals surface area (Å²) < 4.78 is 42.8. The molecule has 0 bridgehead atoms. The molecule has 0 saturated carbocycles. The van der Waals surface area contributed by atoms with E-state index in [0.29, 0.717) is 30.5 Å². The van der Waals surface area contributed by atoms with Crippen molar-refractivity contribution in [2.45, 2.75) is 4.90 Å². The highest BCUT2D eigenvalue weighted by molar-refractivity contribution is 7.92. The van der Waals surface area contributed by atoms with Gasteiger partial charge in [-0.15, -0.1) is 23.2 Å². The van der Waals surface area contributed by atoms with E-state index in [2.05, 4.69) is 9.71 Å². The first-order chi connectivity index (χ1) is 16.2. The second kappa shape index (κ2) is 12.1. The molecule has 0 amide bonds. The van der Waals surface area contributed by atoms with Crippen LogP contribution in [-0.2, 0) is 10.0 Å². The standard InChI is InChI=1S/C23H20Cl4FN3O2S/c24-8-10-31(11-9-25)17-7-6-16(21(28)12-17)15-29-22-13-19(26)20(27)14-23(22)30-34(32,33)18-4-2-1-3-5-18/h1-7,12-15,30H,8-11H2. The lowest BCUT2D eigenvalue weighted by Gasteiger charge is -2.23. The Morgan fingerprint density at radius 1 is 0.941 bits per heavy atom. The zero-order chi connectivity index (χ0) is 24.7. The third-order valence-electron chi connectivity index (χ3n) is 4.74. The fraction of sp³-hybridized carbons (Fsp3) is 0.174. The van der Waals surface area contributed by atoms with Gasteiger partial charge in [-0.1, -0.05) is 41.4 Å². The molecule has 0 heterocycles. The molecule has 3 aromatic rings. The smallest absolute Gasteiger partial charge is 0.261 e. The van der Waals surface area contributed by atoms with Crippen LogP contribution in [0.4, 0.5) is 21.5 Å². The van der Waals surface area contributed by atoms with Crippen LogP contribution in [0.3, 0.4) is 0 Å². The molecule has 0 radical (unpaired) electrons. The number of nitrogens with zero attached hydrogens (tertiary/aromatic N) is 2. The Hall–Kier alpha value is -2.03. The number of halogens is 5. The van der Waals surface area contributed by atoms with Crippen molar-refractivity contribution < 1.29 is 12.8 Å². The van der Waals surface area contributed by atoms with Crippen LogP contribution in [0, 0.1) is 5.82 Å². The molecular weight excluding hydrogens is 543 g/mol. The van der Waals surface area contributed by atoms with Crippen LogP contribution in [0.2, 0.25) is 10.0 Å². The first-order valence-electron chi connectivity index (χ1n) is 10.0. The van der Waals surface area contributed by atoms with Gasteiger partial charge >= 0.3 is 0 Å². The maximum Gasteiger partial charge on any atom is 0.261 e. The van der Waals surface area contributed by atoms with Crippen molar-refractivity contribution in [2.75, 3.05) is 34.5 Å². The Kier molecular flexibility index (Phi) is 9.45. The largest absolute Gasteiger partial charge is 0.369 e. The Bertz CT molecular complexity index is 1270. The van der Waals surface area contributed by atoms with E-state index in [1.54, 1.807) is 30.3 Å². The average molecular weight is 563 g/mol. The van der Waals surface area contributed by atoms with E-state index >= 15 is 0 Å². The fourth-order valence-corrected chi connectivity index (χ4v) is 4.87. The number of benzene rings is 3. The molecule has 1 N–H and O–H groups in total. The Morgan fingerprint density at radius 3 is 2.21 bits per heavy atom. The number of sulfonamides is 1.